The molecule has 0 spiro atoms. The van der Waals surface area contributed by atoms with Crippen LogP contribution in [0, 0.1) is 0 Å². The Hall–Kier alpha value is 0.268. The summed E-state index contributed by atoms with van der Waals surface area (Å²) in [6.07, 6.45) is 0. The van der Waals surface area contributed by atoms with Gasteiger partial charge in [-0.25, -0.2) is 0 Å². The van der Waals surface area contributed by atoms with Gasteiger partial charge in [-0.1, -0.05) is 142 Å². The van der Waals surface area contributed by atoms with Crippen LogP contribution in [-0.4, -0.2) is 30.4 Å². The second-order valence-corrected chi connectivity index (χ2v) is 43.2. The zero-order valence-corrected chi connectivity index (χ0v) is 29.8. The van der Waals surface area contributed by atoms with Crippen LogP contribution in [-0.2, 0) is 0 Å². The second-order valence-electron chi connectivity index (χ2n) is 10.6. The molecule has 0 aromatic carbocycles. The zero-order chi connectivity index (χ0) is 25.6. The molecule has 0 radical (unpaired) electrons. The van der Waals surface area contributed by atoms with Crippen molar-refractivity contribution in [2.24, 2.45) is 0 Å². The van der Waals surface area contributed by atoms with Crippen LogP contribution in [0.5, 0.6) is 0 Å². The Labute approximate surface area is 224 Å². The molecule has 0 aliphatic heterocycles. The largest absolute Gasteiger partial charge is 0.144 e. The highest BCUT2D eigenvalue weighted by atomic mass is 32.1. The molecule has 0 nitrogen and oxygen atoms in total. The Morgan fingerprint density at radius 2 is 0.676 bits per heavy atom. The Balaban J connectivity index is 2.59. The molecule has 6 heteroatoms. The van der Waals surface area contributed by atoms with Crippen molar-refractivity contribution in [3.8, 4) is 9.75 Å². The summed E-state index contributed by atoms with van der Waals surface area (Å²) in [7, 11) is -5.32. The molecule has 0 saturated carbocycles. The van der Waals surface area contributed by atoms with Crippen molar-refractivity contribution in [2.45, 2.75) is 130 Å². The van der Waals surface area contributed by atoms with Crippen molar-refractivity contribution >= 4 is 62.0 Å². The normalized spacial score (nSPS) is 13.6. The maximum Gasteiger partial charge on any atom is 0.0924 e. The van der Waals surface area contributed by atoms with Gasteiger partial charge in [0.15, 0.2) is 0 Å². The molecule has 2 aromatic heterocycles. The van der Waals surface area contributed by atoms with E-state index in [1.165, 1.54) is 60.4 Å². The number of thiophene rings is 2. The average molecular weight is 567 g/mol. The fraction of sp³-hybridized carbons (Fsp3) is 0.714. The lowest BCUT2D eigenvalue weighted by atomic mass is 10.4. The molecule has 2 heterocycles. The van der Waals surface area contributed by atoms with E-state index < -0.39 is 30.4 Å². The molecule has 0 fully saturated rings. The van der Waals surface area contributed by atoms with Crippen LogP contribution in [0.4, 0.5) is 0 Å². The lowest BCUT2D eigenvalue weighted by Crippen LogP contribution is -2.67. The minimum absolute atomic E-state index is 1.24. The molecule has 2 aromatic rings. The van der Waals surface area contributed by atoms with E-state index >= 15 is 0 Å². The van der Waals surface area contributed by atoms with Crippen LogP contribution < -0.4 is 9.00 Å². The topological polar surface area (TPSA) is 0 Å². The van der Waals surface area contributed by atoms with E-state index in [4.69, 9.17) is 0 Å². The van der Waals surface area contributed by atoms with Crippen LogP contribution in [0.2, 0.25) is 60.4 Å². The minimum atomic E-state index is -1.42. The SMILES string of the molecule is CC[Si](CC)(CC)[Si](CC)(CC)c1ccc(-c2ccc([Si](CC)(CC)[Si](CC)(CC)CC)s2)s1. The molecule has 0 atom stereocenters. The molecule has 0 aliphatic rings. The molecule has 0 saturated heterocycles. The van der Waals surface area contributed by atoms with Gasteiger partial charge in [0.25, 0.3) is 0 Å². The summed E-state index contributed by atoms with van der Waals surface area (Å²) in [6.45, 7) is 25.3. The van der Waals surface area contributed by atoms with Gasteiger partial charge in [0.1, 0.15) is 0 Å². The predicted molar refractivity (Wildman–Crippen MR) is 175 cm³/mol. The minimum Gasteiger partial charge on any atom is -0.144 e. The number of rotatable bonds is 15. The van der Waals surface area contributed by atoms with E-state index in [2.05, 4.69) is 116 Å². The molecule has 0 amide bonds. The average Bonchev–Trinajstić information content (AvgIpc) is 3.57. The van der Waals surface area contributed by atoms with Gasteiger partial charge < -0.3 is 0 Å². The van der Waals surface area contributed by atoms with E-state index in [-0.39, 0.29) is 0 Å². The third-order valence-corrected chi connectivity index (χ3v) is 60.6. The summed E-state index contributed by atoms with van der Waals surface area (Å²) in [5.74, 6) is 0. The third kappa shape index (κ3) is 4.66. The highest BCUT2D eigenvalue weighted by Crippen LogP contribution is 2.41. The van der Waals surface area contributed by atoms with Crippen molar-refractivity contribution < 1.29 is 0 Å². The Kier molecular flexibility index (Phi) is 11.4. The van der Waals surface area contributed by atoms with E-state index in [1.54, 1.807) is 9.75 Å². The summed E-state index contributed by atoms with van der Waals surface area (Å²) >= 11 is 4.43. The first-order chi connectivity index (χ1) is 16.3. The van der Waals surface area contributed by atoms with Crippen molar-refractivity contribution in [3.63, 3.8) is 0 Å². The van der Waals surface area contributed by atoms with Crippen molar-refractivity contribution in [2.75, 3.05) is 0 Å². The van der Waals surface area contributed by atoms with Crippen molar-refractivity contribution in [1.82, 2.24) is 0 Å². The molecule has 0 unspecified atom stereocenters. The molecule has 34 heavy (non-hydrogen) atoms. The van der Waals surface area contributed by atoms with Crippen molar-refractivity contribution in [1.29, 1.82) is 0 Å². The van der Waals surface area contributed by atoms with Gasteiger partial charge in [-0.3, -0.25) is 0 Å². The fourth-order valence-corrected chi connectivity index (χ4v) is 57.7. The first kappa shape index (κ1) is 30.5. The zero-order valence-electron chi connectivity index (χ0n) is 24.2. The maximum absolute atomic E-state index is 2.61. The van der Waals surface area contributed by atoms with Crippen LogP contribution in [0.15, 0.2) is 24.3 Å². The summed E-state index contributed by atoms with van der Waals surface area (Å²) in [6, 6.07) is 24.9. The highest BCUT2D eigenvalue weighted by Gasteiger charge is 2.52. The van der Waals surface area contributed by atoms with E-state index in [1.807, 2.05) is 9.00 Å². The summed E-state index contributed by atoms with van der Waals surface area (Å²) < 4.78 is 3.68. The smallest absolute Gasteiger partial charge is 0.0924 e. The molecular weight excluding hydrogens is 513 g/mol. The van der Waals surface area contributed by atoms with Gasteiger partial charge in [0.05, 0.1) is 30.4 Å². The Morgan fingerprint density at radius 3 is 0.882 bits per heavy atom. The Morgan fingerprint density at radius 1 is 0.412 bits per heavy atom. The van der Waals surface area contributed by atoms with Crippen LogP contribution >= 0.6 is 22.7 Å². The third-order valence-electron chi connectivity index (χ3n) is 10.9. The quantitative estimate of drug-likeness (QED) is 0.188. The van der Waals surface area contributed by atoms with Gasteiger partial charge >= 0.3 is 0 Å². The number of hydrogen-bond donors (Lipinski definition) is 0. The standard InChI is InChI=1S/C28H54S2Si4/c1-11-31(12-2,13-3)33(17-7,18-8)27-23-21-25(29-27)26-22-24-28(30-26)34(19-9,20-10)32(14-4,15-5)16-6/h21-24H,11-20H2,1-10H3. The van der Waals surface area contributed by atoms with Crippen molar-refractivity contribution in [3.05, 3.63) is 24.3 Å². The molecule has 194 valence electrons. The van der Waals surface area contributed by atoms with Gasteiger partial charge in [-0.15, -0.1) is 22.7 Å². The van der Waals surface area contributed by atoms with E-state index in [9.17, 15) is 0 Å². The Bertz CT molecular complexity index is 780. The first-order valence-electron chi connectivity index (χ1n) is 14.5. The maximum atomic E-state index is 2.61. The van der Waals surface area contributed by atoms with Gasteiger partial charge in [-0.2, -0.15) is 0 Å². The molecule has 2 rings (SSSR count). The molecular formula is C28H54S2Si4. The molecule has 0 N–H and O–H groups in total. The van der Waals surface area contributed by atoms with E-state index in [0.717, 1.165) is 0 Å². The summed E-state index contributed by atoms with van der Waals surface area (Å²) in [5, 5.41) is 0. The van der Waals surface area contributed by atoms with Crippen LogP contribution in [0.3, 0.4) is 0 Å². The van der Waals surface area contributed by atoms with E-state index in [0.29, 0.717) is 0 Å². The lowest BCUT2D eigenvalue weighted by molar-refractivity contribution is 1.18. The number of hydrogen-bond acceptors (Lipinski definition) is 2. The predicted octanol–water partition coefficient (Wildman–Crippen LogP) is 10.0. The molecule has 0 aliphatic carbocycles. The monoisotopic (exact) mass is 566 g/mol. The first-order valence-corrected chi connectivity index (χ1v) is 28.2. The van der Waals surface area contributed by atoms with Gasteiger partial charge in [-0.05, 0) is 21.1 Å². The van der Waals surface area contributed by atoms with Gasteiger partial charge in [0.2, 0.25) is 0 Å². The van der Waals surface area contributed by atoms with Gasteiger partial charge in [0, 0.05) is 9.75 Å². The summed E-state index contributed by atoms with van der Waals surface area (Å²) in [5.41, 5.74) is 0. The van der Waals surface area contributed by atoms with Crippen LogP contribution in [0.25, 0.3) is 9.75 Å². The summed E-state index contributed by atoms with van der Waals surface area (Å²) in [4.78, 5) is 3.14. The fourth-order valence-electron chi connectivity index (χ4n) is 8.20. The highest BCUT2D eigenvalue weighted by molar-refractivity contribution is 7.55. The molecule has 0 bridgehead atoms. The van der Waals surface area contributed by atoms with Crippen LogP contribution in [0.1, 0.15) is 69.2 Å². The lowest BCUT2D eigenvalue weighted by Gasteiger charge is -2.46. The second kappa shape index (κ2) is 12.7.